The average molecular weight is 359 g/mol. The van der Waals surface area contributed by atoms with Crippen molar-refractivity contribution in [2.45, 2.75) is 19.4 Å². The molecule has 0 radical (unpaired) electrons. The van der Waals surface area contributed by atoms with Crippen LogP contribution in [0.2, 0.25) is 0 Å². The van der Waals surface area contributed by atoms with Crippen LogP contribution in [0.15, 0.2) is 34.9 Å². The summed E-state index contributed by atoms with van der Waals surface area (Å²) in [6, 6.07) is 6.26. The van der Waals surface area contributed by atoms with E-state index < -0.39 is 0 Å². The highest BCUT2D eigenvalue weighted by Gasteiger charge is 2.23. The standard InChI is InChI=1S/C20H26FN3O2/c21-18-5-3-17(4-6-18)20-22-19(15-26-20)14-24-7-1-2-16(13-24)12-23-8-10-25-11-9-23/h3-6,15-16H,1-2,7-14H2. The number of morpholine rings is 1. The Kier molecular flexibility index (Phi) is 5.62. The van der Waals surface area contributed by atoms with Crippen LogP contribution in [0.5, 0.6) is 0 Å². The highest BCUT2D eigenvalue weighted by atomic mass is 19.1. The maximum absolute atomic E-state index is 13.1. The van der Waals surface area contributed by atoms with E-state index in [9.17, 15) is 4.39 Å². The molecule has 1 aromatic carbocycles. The van der Waals surface area contributed by atoms with Gasteiger partial charge in [-0.25, -0.2) is 9.37 Å². The Balaban J connectivity index is 1.32. The van der Waals surface area contributed by atoms with Crippen molar-refractivity contribution in [3.05, 3.63) is 42.0 Å². The topological polar surface area (TPSA) is 41.7 Å². The third-order valence-electron chi connectivity index (χ3n) is 5.25. The molecule has 2 aromatic rings. The maximum Gasteiger partial charge on any atom is 0.226 e. The fourth-order valence-corrected chi connectivity index (χ4v) is 3.93. The van der Waals surface area contributed by atoms with E-state index in [0.717, 1.165) is 57.2 Å². The molecule has 2 saturated heterocycles. The molecule has 4 rings (SSSR count). The summed E-state index contributed by atoms with van der Waals surface area (Å²) in [6.07, 6.45) is 4.26. The Labute approximate surface area is 153 Å². The van der Waals surface area contributed by atoms with Crippen LogP contribution >= 0.6 is 0 Å². The summed E-state index contributed by atoms with van der Waals surface area (Å²) in [5.74, 6) is 1.02. The van der Waals surface area contributed by atoms with Gasteiger partial charge in [-0.1, -0.05) is 0 Å². The predicted octanol–water partition coefficient (Wildman–Crippen LogP) is 3.02. The van der Waals surface area contributed by atoms with Crippen molar-refractivity contribution in [1.82, 2.24) is 14.8 Å². The van der Waals surface area contributed by atoms with Gasteiger partial charge in [0.25, 0.3) is 0 Å². The van der Waals surface area contributed by atoms with Crippen molar-refractivity contribution in [1.29, 1.82) is 0 Å². The number of hydrogen-bond acceptors (Lipinski definition) is 5. The van der Waals surface area contributed by atoms with E-state index in [2.05, 4.69) is 14.8 Å². The number of halogens is 1. The summed E-state index contributed by atoms with van der Waals surface area (Å²) in [4.78, 5) is 9.59. The van der Waals surface area contributed by atoms with Gasteiger partial charge in [0.05, 0.1) is 18.9 Å². The second-order valence-corrected chi connectivity index (χ2v) is 7.31. The van der Waals surface area contributed by atoms with Crippen LogP contribution in [0.3, 0.4) is 0 Å². The summed E-state index contributed by atoms with van der Waals surface area (Å²) < 4.78 is 24.1. The number of hydrogen-bond donors (Lipinski definition) is 0. The first-order valence-electron chi connectivity index (χ1n) is 9.49. The first kappa shape index (κ1) is 17.6. The number of rotatable bonds is 5. The van der Waals surface area contributed by atoms with E-state index in [0.29, 0.717) is 11.8 Å². The first-order chi connectivity index (χ1) is 12.8. The number of piperidine rings is 1. The molecule has 0 spiro atoms. The van der Waals surface area contributed by atoms with Gasteiger partial charge in [-0.15, -0.1) is 0 Å². The van der Waals surface area contributed by atoms with Gasteiger partial charge in [-0.2, -0.15) is 0 Å². The van der Waals surface area contributed by atoms with Crippen LogP contribution in [0.25, 0.3) is 11.5 Å². The molecule has 140 valence electrons. The highest BCUT2D eigenvalue weighted by Crippen LogP contribution is 2.22. The van der Waals surface area contributed by atoms with E-state index >= 15 is 0 Å². The number of benzene rings is 1. The smallest absolute Gasteiger partial charge is 0.226 e. The third kappa shape index (κ3) is 4.50. The fraction of sp³-hybridized carbons (Fsp3) is 0.550. The van der Waals surface area contributed by atoms with Crippen molar-refractivity contribution >= 4 is 0 Å². The summed E-state index contributed by atoms with van der Waals surface area (Å²) >= 11 is 0. The zero-order valence-electron chi connectivity index (χ0n) is 15.1. The molecule has 3 heterocycles. The van der Waals surface area contributed by atoms with Gasteiger partial charge < -0.3 is 9.15 Å². The van der Waals surface area contributed by atoms with Crippen molar-refractivity contribution in [2.24, 2.45) is 5.92 Å². The molecule has 1 atom stereocenters. The zero-order chi connectivity index (χ0) is 17.8. The molecule has 0 N–H and O–H groups in total. The monoisotopic (exact) mass is 359 g/mol. The van der Waals surface area contributed by atoms with E-state index in [1.807, 2.05) is 0 Å². The lowest BCUT2D eigenvalue weighted by Crippen LogP contribution is -2.44. The molecule has 0 saturated carbocycles. The van der Waals surface area contributed by atoms with Crippen molar-refractivity contribution in [3.8, 4) is 11.5 Å². The molecule has 1 unspecified atom stereocenters. The lowest BCUT2D eigenvalue weighted by molar-refractivity contribution is 0.0223. The third-order valence-corrected chi connectivity index (χ3v) is 5.25. The van der Waals surface area contributed by atoms with Crippen LogP contribution < -0.4 is 0 Å². The lowest BCUT2D eigenvalue weighted by Gasteiger charge is -2.36. The van der Waals surface area contributed by atoms with Crippen LogP contribution in [-0.4, -0.2) is 60.7 Å². The molecule has 0 bridgehead atoms. The zero-order valence-corrected chi connectivity index (χ0v) is 15.1. The van der Waals surface area contributed by atoms with E-state index in [1.165, 1.54) is 31.5 Å². The van der Waals surface area contributed by atoms with Gasteiger partial charge in [0, 0.05) is 38.3 Å². The molecule has 2 aliphatic heterocycles. The number of aromatic nitrogens is 1. The predicted molar refractivity (Wildman–Crippen MR) is 97.2 cm³/mol. The number of ether oxygens (including phenoxy) is 1. The van der Waals surface area contributed by atoms with Crippen molar-refractivity contribution < 1.29 is 13.5 Å². The van der Waals surface area contributed by atoms with Crippen molar-refractivity contribution in [2.75, 3.05) is 45.9 Å². The summed E-state index contributed by atoms with van der Waals surface area (Å²) in [7, 11) is 0. The SMILES string of the molecule is Fc1ccc(-c2nc(CN3CCCC(CN4CCOCC4)C3)co2)cc1. The molecule has 26 heavy (non-hydrogen) atoms. The molecule has 1 aromatic heterocycles. The molecule has 0 amide bonds. The Morgan fingerprint density at radius 2 is 1.88 bits per heavy atom. The Morgan fingerprint density at radius 3 is 2.69 bits per heavy atom. The Bertz CT molecular complexity index is 697. The minimum Gasteiger partial charge on any atom is -0.444 e. The second kappa shape index (κ2) is 8.29. The van der Waals surface area contributed by atoms with Gasteiger partial charge in [0.1, 0.15) is 12.1 Å². The van der Waals surface area contributed by atoms with Crippen LogP contribution in [-0.2, 0) is 11.3 Å². The normalized spacial score (nSPS) is 22.6. The number of likely N-dealkylation sites (tertiary alicyclic amines) is 1. The van der Waals surface area contributed by atoms with Crippen LogP contribution in [0, 0.1) is 11.7 Å². The van der Waals surface area contributed by atoms with E-state index in [-0.39, 0.29) is 5.82 Å². The molecular weight excluding hydrogens is 333 g/mol. The Hall–Kier alpha value is -1.76. The summed E-state index contributed by atoms with van der Waals surface area (Å²) in [5.41, 5.74) is 1.75. The number of nitrogens with zero attached hydrogens (tertiary/aromatic N) is 3. The molecule has 0 aliphatic carbocycles. The van der Waals surface area contributed by atoms with Gasteiger partial charge in [0.15, 0.2) is 0 Å². The minimum absolute atomic E-state index is 0.250. The minimum atomic E-state index is -0.250. The quantitative estimate of drug-likeness (QED) is 0.821. The highest BCUT2D eigenvalue weighted by molar-refractivity contribution is 5.52. The Morgan fingerprint density at radius 1 is 1.08 bits per heavy atom. The number of oxazole rings is 1. The fourth-order valence-electron chi connectivity index (χ4n) is 3.93. The largest absolute Gasteiger partial charge is 0.444 e. The van der Waals surface area contributed by atoms with Crippen molar-refractivity contribution in [3.63, 3.8) is 0 Å². The molecular formula is C20H26FN3O2. The summed E-state index contributed by atoms with van der Waals surface area (Å²) in [6.45, 7) is 8.03. The second-order valence-electron chi connectivity index (χ2n) is 7.31. The molecule has 6 heteroatoms. The van der Waals surface area contributed by atoms with E-state index in [1.54, 1.807) is 18.4 Å². The van der Waals surface area contributed by atoms with Gasteiger partial charge >= 0.3 is 0 Å². The maximum atomic E-state index is 13.1. The van der Waals surface area contributed by atoms with Gasteiger partial charge in [-0.3, -0.25) is 9.80 Å². The van der Waals surface area contributed by atoms with Crippen LogP contribution in [0.4, 0.5) is 4.39 Å². The molecule has 2 aliphatic rings. The first-order valence-corrected chi connectivity index (χ1v) is 9.49. The lowest BCUT2D eigenvalue weighted by atomic mass is 9.97. The van der Waals surface area contributed by atoms with Gasteiger partial charge in [-0.05, 0) is 49.6 Å². The average Bonchev–Trinajstić information content (AvgIpc) is 3.12. The summed E-state index contributed by atoms with van der Waals surface area (Å²) in [5, 5.41) is 0. The molecule has 5 nitrogen and oxygen atoms in total. The molecule has 2 fully saturated rings. The van der Waals surface area contributed by atoms with E-state index in [4.69, 9.17) is 9.15 Å². The van der Waals surface area contributed by atoms with Gasteiger partial charge in [0.2, 0.25) is 5.89 Å². The van der Waals surface area contributed by atoms with Crippen LogP contribution in [0.1, 0.15) is 18.5 Å².